The van der Waals surface area contributed by atoms with Crippen LogP contribution in [0.1, 0.15) is 32.1 Å². The lowest BCUT2D eigenvalue weighted by Gasteiger charge is -2.13. The largest absolute Gasteiger partial charge is 0.355 e. The van der Waals surface area contributed by atoms with Gasteiger partial charge in [-0.3, -0.25) is 4.79 Å². The van der Waals surface area contributed by atoms with Crippen LogP contribution in [0, 0.1) is 0 Å². The highest BCUT2D eigenvalue weighted by molar-refractivity contribution is 7.89. The fraction of sp³-hybridized carbons (Fsp3) is 0.438. The number of rotatable bonds is 7. The van der Waals surface area contributed by atoms with Crippen molar-refractivity contribution in [3.8, 4) is 0 Å². The van der Waals surface area contributed by atoms with Gasteiger partial charge < -0.3 is 5.32 Å². The van der Waals surface area contributed by atoms with Crippen LogP contribution < -0.4 is 10.0 Å². The zero-order valence-electron chi connectivity index (χ0n) is 12.8. The summed E-state index contributed by atoms with van der Waals surface area (Å²) in [6.07, 6.45) is 7.71. The second kappa shape index (κ2) is 8.47. The third kappa shape index (κ3) is 5.97. The molecule has 1 aromatic rings. The van der Waals surface area contributed by atoms with Crippen LogP contribution in [-0.4, -0.2) is 27.4 Å². The van der Waals surface area contributed by atoms with E-state index in [1.54, 1.807) is 12.1 Å². The minimum Gasteiger partial charge on any atom is -0.355 e. The van der Waals surface area contributed by atoms with Gasteiger partial charge in [0.2, 0.25) is 15.9 Å². The zero-order chi connectivity index (χ0) is 16.7. The van der Waals surface area contributed by atoms with Crippen LogP contribution in [0.4, 0.5) is 0 Å². The van der Waals surface area contributed by atoms with Crippen LogP contribution in [0.15, 0.2) is 40.8 Å². The van der Waals surface area contributed by atoms with Crippen LogP contribution in [-0.2, 0) is 14.8 Å². The van der Waals surface area contributed by atoms with Crippen molar-refractivity contribution < 1.29 is 13.2 Å². The minimum atomic E-state index is -3.73. The normalized spacial score (nSPS) is 15.1. The Balaban J connectivity index is 1.76. The Morgan fingerprint density at radius 1 is 1.26 bits per heavy atom. The van der Waals surface area contributed by atoms with Gasteiger partial charge in [0.05, 0.1) is 11.4 Å². The van der Waals surface area contributed by atoms with E-state index >= 15 is 0 Å². The summed E-state index contributed by atoms with van der Waals surface area (Å²) < 4.78 is 26.4. The van der Waals surface area contributed by atoms with Crippen molar-refractivity contribution in [3.63, 3.8) is 0 Å². The standard InChI is InChI=1S/C16H21ClN2O3S/c17-14-7-4-8-15(11-14)23(21,22)19-12-16(20)18-10-9-13-5-2-1-3-6-13/h4-5,7-8,11,19H,1-3,6,9-10,12H2,(H,18,20). The SMILES string of the molecule is O=C(CNS(=O)(=O)c1cccc(Cl)c1)NCCC1=CCCCC1. The van der Waals surface area contributed by atoms with Gasteiger partial charge >= 0.3 is 0 Å². The summed E-state index contributed by atoms with van der Waals surface area (Å²) in [5.41, 5.74) is 1.37. The van der Waals surface area contributed by atoms with E-state index in [0.717, 1.165) is 19.3 Å². The molecule has 0 saturated heterocycles. The van der Waals surface area contributed by atoms with Crippen LogP contribution >= 0.6 is 11.6 Å². The first-order chi connectivity index (χ1) is 11.0. The molecule has 0 atom stereocenters. The topological polar surface area (TPSA) is 75.3 Å². The molecule has 23 heavy (non-hydrogen) atoms. The Morgan fingerprint density at radius 2 is 2.09 bits per heavy atom. The highest BCUT2D eigenvalue weighted by Crippen LogP contribution is 2.19. The van der Waals surface area contributed by atoms with Gasteiger partial charge in [0.25, 0.3) is 0 Å². The van der Waals surface area contributed by atoms with Gasteiger partial charge in [0.15, 0.2) is 0 Å². The summed E-state index contributed by atoms with van der Waals surface area (Å²) in [5, 5.41) is 3.06. The molecule has 0 aromatic heterocycles. The fourth-order valence-electron chi connectivity index (χ4n) is 2.43. The number of hydrogen-bond donors (Lipinski definition) is 2. The Hall–Kier alpha value is -1.37. The van der Waals surface area contributed by atoms with E-state index in [1.165, 1.54) is 30.5 Å². The van der Waals surface area contributed by atoms with Gasteiger partial charge in [-0.25, -0.2) is 13.1 Å². The Bertz CT molecular complexity index is 686. The summed E-state index contributed by atoms with van der Waals surface area (Å²) >= 11 is 5.78. The third-order valence-electron chi connectivity index (χ3n) is 3.68. The maximum atomic E-state index is 12.1. The number of carbonyl (C=O) groups excluding carboxylic acids is 1. The van der Waals surface area contributed by atoms with Gasteiger partial charge in [0, 0.05) is 11.6 Å². The number of amides is 1. The van der Waals surface area contributed by atoms with Crippen LogP contribution in [0.2, 0.25) is 5.02 Å². The number of carbonyl (C=O) groups is 1. The monoisotopic (exact) mass is 356 g/mol. The fourth-order valence-corrected chi connectivity index (χ4v) is 3.72. The lowest BCUT2D eigenvalue weighted by Crippen LogP contribution is -2.37. The molecule has 2 rings (SSSR count). The lowest BCUT2D eigenvalue weighted by molar-refractivity contribution is -0.119. The van der Waals surface area contributed by atoms with Crippen molar-refractivity contribution in [2.24, 2.45) is 0 Å². The van der Waals surface area contributed by atoms with E-state index in [4.69, 9.17) is 11.6 Å². The molecular weight excluding hydrogens is 336 g/mol. The molecule has 1 aliphatic rings. The van der Waals surface area contributed by atoms with E-state index < -0.39 is 10.0 Å². The molecular formula is C16H21ClN2O3S. The van der Waals surface area contributed by atoms with E-state index in [0.29, 0.717) is 11.6 Å². The van der Waals surface area contributed by atoms with Crippen molar-refractivity contribution in [2.45, 2.75) is 37.0 Å². The molecule has 0 aliphatic heterocycles. The summed E-state index contributed by atoms with van der Waals surface area (Å²) in [7, 11) is -3.73. The molecule has 0 saturated carbocycles. The first-order valence-electron chi connectivity index (χ1n) is 7.67. The second-order valence-corrected chi connectivity index (χ2v) is 7.69. The minimum absolute atomic E-state index is 0.0464. The van der Waals surface area contributed by atoms with E-state index in [-0.39, 0.29) is 17.3 Å². The molecule has 1 amide bonds. The molecule has 7 heteroatoms. The number of sulfonamides is 1. The maximum absolute atomic E-state index is 12.1. The molecule has 0 spiro atoms. The smallest absolute Gasteiger partial charge is 0.241 e. The second-order valence-electron chi connectivity index (χ2n) is 5.49. The van der Waals surface area contributed by atoms with Crippen molar-refractivity contribution in [1.29, 1.82) is 0 Å². The number of hydrogen-bond acceptors (Lipinski definition) is 3. The van der Waals surface area contributed by atoms with Crippen molar-refractivity contribution in [3.05, 3.63) is 40.9 Å². The maximum Gasteiger partial charge on any atom is 0.241 e. The van der Waals surface area contributed by atoms with Crippen LogP contribution in [0.3, 0.4) is 0 Å². The van der Waals surface area contributed by atoms with E-state index in [2.05, 4.69) is 16.1 Å². The Labute approximate surface area is 142 Å². The first-order valence-corrected chi connectivity index (χ1v) is 9.53. The molecule has 1 aromatic carbocycles. The molecule has 126 valence electrons. The molecule has 1 aliphatic carbocycles. The molecule has 0 heterocycles. The Morgan fingerprint density at radius 3 is 2.78 bits per heavy atom. The predicted molar refractivity (Wildman–Crippen MR) is 90.8 cm³/mol. The highest BCUT2D eigenvalue weighted by Gasteiger charge is 2.15. The average Bonchev–Trinajstić information content (AvgIpc) is 2.54. The Kier molecular flexibility index (Phi) is 6.62. The summed E-state index contributed by atoms with van der Waals surface area (Å²) in [4.78, 5) is 11.8. The van der Waals surface area contributed by atoms with E-state index in [9.17, 15) is 13.2 Å². The van der Waals surface area contributed by atoms with Gasteiger partial charge in [-0.1, -0.05) is 29.3 Å². The van der Waals surface area contributed by atoms with Crippen molar-refractivity contribution >= 4 is 27.5 Å². The predicted octanol–water partition coefficient (Wildman–Crippen LogP) is 2.63. The number of allylic oxidation sites excluding steroid dienone is 1. The number of halogens is 1. The summed E-state index contributed by atoms with van der Waals surface area (Å²) in [6.45, 7) is 0.247. The van der Waals surface area contributed by atoms with Crippen LogP contribution in [0.5, 0.6) is 0 Å². The highest BCUT2D eigenvalue weighted by atomic mass is 35.5. The molecule has 0 bridgehead atoms. The van der Waals surface area contributed by atoms with Gasteiger partial charge in [0.1, 0.15) is 0 Å². The van der Waals surface area contributed by atoms with Crippen LogP contribution in [0.25, 0.3) is 0 Å². The van der Waals surface area contributed by atoms with Crippen molar-refractivity contribution in [1.82, 2.24) is 10.0 Å². The molecule has 0 unspecified atom stereocenters. The molecule has 0 radical (unpaired) electrons. The lowest BCUT2D eigenvalue weighted by atomic mass is 9.97. The first kappa shape index (κ1) is 18.0. The van der Waals surface area contributed by atoms with Gasteiger partial charge in [-0.05, 0) is 50.3 Å². The summed E-state index contributed by atoms with van der Waals surface area (Å²) in [6, 6.07) is 5.92. The summed E-state index contributed by atoms with van der Waals surface area (Å²) in [5.74, 6) is -0.341. The molecule has 0 fully saturated rings. The average molecular weight is 357 g/mol. The van der Waals surface area contributed by atoms with Gasteiger partial charge in [-0.15, -0.1) is 0 Å². The van der Waals surface area contributed by atoms with E-state index in [1.807, 2.05) is 0 Å². The third-order valence-corrected chi connectivity index (χ3v) is 5.32. The van der Waals surface area contributed by atoms with Crippen molar-refractivity contribution in [2.75, 3.05) is 13.1 Å². The molecule has 5 nitrogen and oxygen atoms in total. The molecule has 2 N–H and O–H groups in total. The number of benzene rings is 1. The quantitative estimate of drug-likeness (QED) is 0.737. The zero-order valence-corrected chi connectivity index (χ0v) is 14.4. The van der Waals surface area contributed by atoms with Gasteiger partial charge in [-0.2, -0.15) is 0 Å². The number of nitrogens with one attached hydrogen (secondary N) is 2.